The highest BCUT2D eigenvalue weighted by Gasteiger charge is 2.66. The minimum atomic E-state index is 0.00894. The molecule has 0 aromatic rings. The van der Waals surface area contributed by atoms with Gasteiger partial charge < -0.3 is 4.74 Å². The highest BCUT2D eigenvalue weighted by Crippen LogP contribution is 2.71. The smallest absolute Gasteiger partial charge is 0.306 e. The number of carbonyl (C=O) groups excluding carboxylic acids is 1. The Morgan fingerprint density at radius 1 is 0.973 bits per heavy atom. The van der Waals surface area contributed by atoms with Crippen LogP contribution in [-0.4, -0.2) is 21.2 Å². The summed E-state index contributed by atoms with van der Waals surface area (Å²) < 4.78 is 6.10. The summed E-state index contributed by atoms with van der Waals surface area (Å²) in [6, 6.07) is 0. The van der Waals surface area contributed by atoms with Crippen LogP contribution in [0.3, 0.4) is 0 Å². The largest absolute Gasteiger partial charge is 0.462 e. The third-order valence-corrected chi connectivity index (χ3v) is 15.9. The van der Waals surface area contributed by atoms with Crippen LogP contribution in [-0.2, 0) is 9.53 Å². The molecule has 2 nitrogen and oxygen atoms in total. The predicted octanol–water partition coefficient (Wildman–Crippen LogP) is 10.6. The summed E-state index contributed by atoms with van der Waals surface area (Å²) in [4.78, 5) is 13.1. The van der Waals surface area contributed by atoms with E-state index in [1.807, 2.05) is 0 Å². The highest BCUT2D eigenvalue weighted by molar-refractivity contribution is 9.12. The van der Waals surface area contributed by atoms with E-state index in [-0.39, 0.29) is 21.8 Å². The number of ether oxygens (including phenoxy) is 1. The van der Waals surface area contributed by atoms with Gasteiger partial charge in [-0.2, -0.15) is 0 Å². The molecule has 10 atom stereocenters. The molecule has 4 aliphatic rings. The van der Waals surface area contributed by atoms with E-state index in [4.69, 9.17) is 4.74 Å². The molecule has 0 spiro atoms. The summed E-state index contributed by atoms with van der Waals surface area (Å²) in [5, 5.41) is 0. The standard InChI is InChI=1S/C33H56Br2O2/c1-6-8-9-10-11-12-13-24-14-15-27-26-21-29(34)33(35)22-25(37-30(36)20-23(3)7-2)16-19-32(33,5)28(26)17-18-31(24,27)4/h23-29H,6-22H2,1-5H3/t23-,24+,25+,26+,27+,28+,29+,31-,32-,33-/m1/s1. The molecule has 0 unspecified atom stereocenters. The summed E-state index contributed by atoms with van der Waals surface area (Å²) in [6.07, 6.45) is 21.8. The molecule has 0 radical (unpaired) electrons. The molecule has 4 saturated carbocycles. The zero-order valence-corrected chi connectivity index (χ0v) is 27.8. The molecule has 0 bridgehead atoms. The van der Waals surface area contributed by atoms with Crippen LogP contribution in [0, 0.1) is 40.4 Å². The van der Waals surface area contributed by atoms with Crippen molar-refractivity contribution in [3.8, 4) is 0 Å². The quantitative estimate of drug-likeness (QED) is 0.127. The van der Waals surface area contributed by atoms with Gasteiger partial charge in [0.15, 0.2) is 0 Å². The molecule has 4 fully saturated rings. The predicted molar refractivity (Wildman–Crippen MR) is 163 cm³/mol. The number of rotatable bonds is 11. The van der Waals surface area contributed by atoms with Crippen LogP contribution in [0.5, 0.6) is 0 Å². The first-order chi connectivity index (χ1) is 17.6. The molecule has 4 aliphatic carbocycles. The Hall–Kier alpha value is 0.430. The van der Waals surface area contributed by atoms with Gasteiger partial charge in [0, 0.05) is 22.0 Å². The van der Waals surface area contributed by atoms with Gasteiger partial charge in [0.05, 0.1) is 0 Å². The number of halogens is 2. The van der Waals surface area contributed by atoms with Crippen molar-refractivity contribution in [2.24, 2.45) is 40.4 Å². The van der Waals surface area contributed by atoms with E-state index >= 15 is 0 Å². The molecular formula is C33H56Br2O2. The number of alkyl halides is 2. The van der Waals surface area contributed by atoms with Crippen LogP contribution in [0.1, 0.15) is 144 Å². The molecule has 37 heavy (non-hydrogen) atoms. The van der Waals surface area contributed by atoms with Crippen LogP contribution in [0.2, 0.25) is 0 Å². The molecule has 0 aromatic carbocycles. The van der Waals surface area contributed by atoms with Crippen molar-refractivity contribution < 1.29 is 9.53 Å². The molecule has 0 amide bonds. The summed E-state index contributed by atoms with van der Waals surface area (Å²) in [5.74, 6) is 3.90. The van der Waals surface area contributed by atoms with Crippen molar-refractivity contribution >= 4 is 37.8 Å². The second-order valence-corrected chi connectivity index (χ2v) is 16.8. The SMILES string of the molecule is CCCCCCCC[C@H]1CC[C@H]2[C@@H]3C[C@H](Br)[C@]4(Br)C[C@@H](OC(=O)C[C@H](C)CC)CC[C@]4(C)[C@H]3CC[C@]12C. The number of fused-ring (bicyclic) bond motifs is 5. The molecule has 0 saturated heterocycles. The Labute approximate surface area is 245 Å². The molecule has 0 heterocycles. The van der Waals surface area contributed by atoms with Crippen LogP contribution in [0.15, 0.2) is 0 Å². The molecule has 0 N–H and O–H groups in total. The van der Waals surface area contributed by atoms with Crippen molar-refractivity contribution in [1.82, 2.24) is 0 Å². The van der Waals surface area contributed by atoms with E-state index in [0.717, 1.165) is 42.9 Å². The maximum Gasteiger partial charge on any atom is 0.306 e. The molecule has 214 valence electrons. The molecule has 4 rings (SSSR count). The second-order valence-electron chi connectivity index (χ2n) is 14.3. The number of carbonyl (C=O) groups is 1. The van der Waals surface area contributed by atoms with Gasteiger partial charge in [0.1, 0.15) is 6.10 Å². The van der Waals surface area contributed by atoms with Crippen molar-refractivity contribution in [2.75, 3.05) is 0 Å². The van der Waals surface area contributed by atoms with Gasteiger partial charge in [0.25, 0.3) is 0 Å². The summed E-state index contributed by atoms with van der Waals surface area (Å²) in [5.41, 5.74) is 0.824. The van der Waals surface area contributed by atoms with Crippen LogP contribution >= 0.6 is 31.9 Å². The molecule has 0 aromatic heterocycles. The lowest BCUT2D eigenvalue weighted by atomic mass is 9.44. The number of unbranched alkanes of at least 4 members (excludes halogenated alkanes) is 5. The van der Waals surface area contributed by atoms with Crippen molar-refractivity contribution in [1.29, 1.82) is 0 Å². The van der Waals surface area contributed by atoms with E-state index in [2.05, 4.69) is 66.5 Å². The Morgan fingerprint density at radius 3 is 2.43 bits per heavy atom. The van der Waals surface area contributed by atoms with Gasteiger partial charge in [-0.25, -0.2) is 0 Å². The van der Waals surface area contributed by atoms with E-state index in [9.17, 15) is 4.79 Å². The van der Waals surface area contributed by atoms with Gasteiger partial charge in [-0.3, -0.25) is 4.79 Å². The fraction of sp³-hybridized carbons (Fsp3) is 0.970. The third-order valence-electron chi connectivity index (χ3n) is 12.3. The van der Waals surface area contributed by atoms with Crippen LogP contribution < -0.4 is 0 Å². The van der Waals surface area contributed by atoms with Gasteiger partial charge >= 0.3 is 5.97 Å². The summed E-state index contributed by atoms with van der Waals surface area (Å²) in [6.45, 7) is 11.9. The first-order valence-electron chi connectivity index (χ1n) is 16.1. The minimum absolute atomic E-state index is 0.00894. The maximum atomic E-state index is 12.6. The van der Waals surface area contributed by atoms with Gasteiger partial charge in [-0.05, 0) is 91.8 Å². The maximum absolute atomic E-state index is 12.6. The minimum Gasteiger partial charge on any atom is -0.462 e. The van der Waals surface area contributed by atoms with E-state index in [1.54, 1.807) is 0 Å². The number of hydrogen-bond donors (Lipinski definition) is 0. The average Bonchev–Trinajstić information content (AvgIpc) is 3.19. The zero-order chi connectivity index (χ0) is 26.8. The summed E-state index contributed by atoms with van der Waals surface area (Å²) in [7, 11) is 0. The van der Waals surface area contributed by atoms with Gasteiger partial charge in [0.2, 0.25) is 0 Å². The van der Waals surface area contributed by atoms with Crippen LogP contribution in [0.4, 0.5) is 0 Å². The lowest BCUT2D eigenvalue weighted by Gasteiger charge is -2.65. The van der Waals surface area contributed by atoms with Gasteiger partial charge in [-0.15, -0.1) is 0 Å². The molecule has 0 aliphatic heterocycles. The fourth-order valence-corrected chi connectivity index (χ4v) is 11.8. The van der Waals surface area contributed by atoms with E-state index in [0.29, 0.717) is 22.6 Å². The Kier molecular flexibility index (Phi) is 10.3. The normalized spacial score (nSPS) is 44.0. The topological polar surface area (TPSA) is 26.3 Å². The molecular weight excluding hydrogens is 588 g/mol. The first-order valence-corrected chi connectivity index (χ1v) is 17.8. The summed E-state index contributed by atoms with van der Waals surface area (Å²) >= 11 is 8.61. The zero-order valence-electron chi connectivity index (χ0n) is 24.6. The number of hydrogen-bond acceptors (Lipinski definition) is 2. The number of esters is 1. The van der Waals surface area contributed by atoms with E-state index < -0.39 is 0 Å². The lowest BCUT2D eigenvalue weighted by Crippen LogP contribution is -2.64. The third kappa shape index (κ3) is 5.92. The van der Waals surface area contributed by atoms with Crippen molar-refractivity contribution in [3.05, 3.63) is 0 Å². The average molecular weight is 645 g/mol. The van der Waals surface area contributed by atoms with Gasteiger partial charge in [-0.1, -0.05) is 111 Å². The second kappa shape index (κ2) is 12.5. The van der Waals surface area contributed by atoms with Crippen molar-refractivity contribution in [3.63, 3.8) is 0 Å². The van der Waals surface area contributed by atoms with E-state index in [1.165, 1.54) is 83.5 Å². The highest BCUT2D eigenvalue weighted by atomic mass is 79.9. The Balaban J connectivity index is 1.40. The van der Waals surface area contributed by atoms with Crippen LogP contribution in [0.25, 0.3) is 0 Å². The van der Waals surface area contributed by atoms with Crippen molar-refractivity contribution in [2.45, 2.75) is 159 Å². The molecule has 4 heteroatoms. The first kappa shape index (κ1) is 30.4. The Morgan fingerprint density at radius 2 is 1.70 bits per heavy atom. The Bertz CT molecular complexity index is 771. The monoisotopic (exact) mass is 642 g/mol. The fourth-order valence-electron chi connectivity index (χ4n) is 9.66. The lowest BCUT2D eigenvalue weighted by molar-refractivity contribution is -0.158.